The zero-order chi connectivity index (χ0) is 16.3. The highest BCUT2D eigenvalue weighted by Gasteiger charge is 2.44. The summed E-state index contributed by atoms with van der Waals surface area (Å²) in [6.07, 6.45) is 4.23. The third-order valence-corrected chi connectivity index (χ3v) is 5.94. The fourth-order valence-electron chi connectivity index (χ4n) is 3.84. The highest BCUT2D eigenvalue weighted by atomic mass is 32.2. The summed E-state index contributed by atoms with van der Waals surface area (Å²) < 4.78 is 31.7. The minimum absolute atomic E-state index is 0.0501. The molecule has 1 aromatic rings. The van der Waals surface area contributed by atoms with Crippen molar-refractivity contribution in [1.82, 2.24) is 9.62 Å². The molecule has 1 N–H and O–H groups in total. The molecule has 3 rings (SSSR count). The topological polar surface area (TPSA) is 58.6 Å². The highest BCUT2D eigenvalue weighted by molar-refractivity contribution is 7.88. The average molecular weight is 338 g/mol. The van der Waals surface area contributed by atoms with Gasteiger partial charge in [-0.2, -0.15) is 0 Å². The Balaban J connectivity index is 1.63. The van der Waals surface area contributed by atoms with E-state index < -0.39 is 10.0 Å². The summed E-state index contributed by atoms with van der Waals surface area (Å²) in [4.78, 5) is 2.47. The predicted octanol–water partition coefficient (Wildman–Crippen LogP) is 1.61. The predicted molar refractivity (Wildman–Crippen MR) is 90.6 cm³/mol. The van der Waals surface area contributed by atoms with Crippen LogP contribution in [0, 0.1) is 5.41 Å². The van der Waals surface area contributed by atoms with Crippen molar-refractivity contribution in [2.24, 2.45) is 5.41 Å². The van der Waals surface area contributed by atoms with E-state index in [9.17, 15) is 8.42 Å². The largest absolute Gasteiger partial charge is 0.380 e. The molecule has 0 radical (unpaired) electrons. The lowest BCUT2D eigenvalue weighted by Gasteiger charge is -2.48. The zero-order valence-corrected chi connectivity index (χ0v) is 14.5. The van der Waals surface area contributed by atoms with Crippen LogP contribution in [-0.4, -0.2) is 51.9 Å². The van der Waals surface area contributed by atoms with Crippen LogP contribution in [0.25, 0.3) is 0 Å². The molecule has 1 spiro atoms. The molecular formula is C17H26N2O3S. The minimum Gasteiger partial charge on any atom is -0.380 e. The molecule has 5 nitrogen and oxygen atoms in total. The molecule has 6 heteroatoms. The molecule has 0 amide bonds. The second kappa shape index (κ2) is 6.89. The number of nitrogens with one attached hydrogen (secondary N) is 1. The molecular weight excluding hydrogens is 312 g/mol. The fourth-order valence-corrected chi connectivity index (χ4v) is 4.68. The molecule has 2 aliphatic heterocycles. The van der Waals surface area contributed by atoms with Gasteiger partial charge in [0.25, 0.3) is 0 Å². The molecule has 2 fully saturated rings. The first-order valence-corrected chi connectivity index (χ1v) is 10.2. The third-order valence-electron chi connectivity index (χ3n) is 5.23. The Morgan fingerprint density at radius 3 is 2.57 bits per heavy atom. The number of piperidine rings is 1. The number of nitrogens with zero attached hydrogens (tertiary/aromatic N) is 1. The van der Waals surface area contributed by atoms with Crippen LogP contribution in [0.1, 0.15) is 24.8 Å². The number of hydrogen-bond donors (Lipinski definition) is 1. The van der Waals surface area contributed by atoms with Gasteiger partial charge in [-0.25, -0.2) is 13.1 Å². The van der Waals surface area contributed by atoms with Gasteiger partial charge in [0.05, 0.1) is 18.9 Å². The average Bonchev–Trinajstić information content (AvgIpc) is 2.52. The van der Waals surface area contributed by atoms with Gasteiger partial charge in [-0.15, -0.1) is 0 Å². The van der Waals surface area contributed by atoms with Gasteiger partial charge in [0, 0.05) is 13.2 Å². The molecule has 2 saturated heterocycles. The summed E-state index contributed by atoms with van der Waals surface area (Å²) in [7, 11) is -3.20. The quantitative estimate of drug-likeness (QED) is 0.906. The van der Waals surface area contributed by atoms with E-state index in [1.54, 1.807) is 0 Å². The van der Waals surface area contributed by atoms with Crippen LogP contribution >= 0.6 is 0 Å². The second-order valence-electron chi connectivity index (χ2n) is 6.89. The molecule has 128 valence electrons. The maximum Gasteiger partial charge on any atom is 0.209 e. The molecule has 0 bridgehead atoms. The number of rotatable bonds is 4. The number of hydrogen-bond acceptors (Lipinski definition) is 4. The van der Waals surface area contributed by atoms with Crippen molar-refractivity contribution >= 4 is 10.0 Å². The number of ether oxygens (including phenoxy) is 1. The molecule has 0 aromatic heterocycles. The molecule has 2 heterocycles. The summed E-state index contributed by atoms with van der Waals surface area (Å²) >= 11 is 0. The maximum absolute atomic E-state index is 11.7. The number of likely N-dealkylation sites (tertiary alicyclic amines) is 1. The van der Waals surface area contributed by atoms with Crippen LogP contribution in [0.4, 0.5) is 0 Å². The first kappa shape index (κ1) is 16.9. The summed E-state index contributed by atoms with van der Waals surface area (Å²) in [6, 6.07) is 10.4. The van der Waals surface area contributed by atoms with E-state index in [-0.39, 0.29) is 11.5 Å². The van der Waals surface area contributed by atoms with Crippen molar-refractivity contribution < 1.29 is 13.2 Å². The Kier molecular flexibility index (Phi) is 5.06. The number of benzene rings is 1. The lowest BCUT2D eigenvalue weighted by Crippen LogP contribution is -2.57. The molecule has 0 aliphatic carbocycles. The van der Waals surface area contributed by atoms with E-state index >= 15 is 0 Å². The summed E-state index contributed by atoms with van der Waals surface area (Å²) in [5.74, 6) is 0. The van der Waals surface area contributed by atoms with Gasteiger partial charge in [-0.1, -0.05) is 30.3 Å². The van der Waals surface area contributed by atoms with Gasteiger partial charge < -0.3 is 4.74 Å². The standard InChI is InChI=1S/C17H26N2O3S/c1-23(20,21)18-16-14-22-12-9-17(16)7-10-19(11-8-17)13-15-5-3-2-4-6-15/h2-6,16,18H,7-14H2,1H3. The summed E-state index contributed by atoms with van der Waals surface area (Å²) in [6.45, 7) is 4.22. The first-order chi connectivity index (χ1) is 11.0. The third kappa shape index (κ3) is 4.32. The normalized spacial score (nSPS) is 25.5. The maximum atomic E-state index is 11.7. The SMILES string of the molecule is CS(=O)(=O)NC1COCCC12CCN(Cc1ccccc1)CC2. The van der Waals surface area contributed by atoms with Crippen molar-refractivity contribution in [3.63, 3.8) is 0 Å². The monoisotopic (exact) mass is 338 g/mol. The Morgan fingerprint density at radius 2 is 1.91 bits per heavy atom. The molecule has 2 aliphatic rings. The highest BCUT2D eigenvalue weighted by Crippen LogP contribution is 2.41. The van der Waals surface area contributed by atoms with Gasteiger partial charge >= 0.3 is 0 Å². The second-order valence-corrected chi connectivity index (χ2v) is 8.67. The Bertz CT molecular complexity index is 610. The van der Waals surface area contributed by atoms with Crippen molar-refractivity contribution in [2.75, 3.05) is 32.6 Å². The molecule has 1 atom stereocenters. The van der Waals surface area contributed by atoms with Crippen LogP contribution in [0.2, 0.25) is 0 Å². The van der Waals surface area contributed by atoms with Gasteiger partial charge in [0.2, 0.25) is 10.0 Å². The van der Waals surface area contributed by atoms with E-state index in [4.69, 9.17) is 4.74 Å². The molecule has 0 saturated carbocycles. The Labute approximate surface area is 139 Å². The van der Waals surface area contributed by atoms with Crippen LogP contribution in [0.3, 0.4) is 0 Å². The van der Waals surface area contributed by atoms with Gasteiger partial charge in [0.15, 0.2) is 0 Å². The molecule has 1 unspecified atom stereocenters. The van der Waals surface area contributed by atoms with Crippen LogP contribution in [-0.2, 0) is 21.3 Å². The van der Waals surface area contributed by atoms with E-state index in [0.717, 1.165) is 45.5 Å². The lowest BCUT2D eigenvalue weighted by molar-refractivity contribution is -0.0445. The van der Waals surface area contributed by atoms with Crippen molar-refractivity contribution in [3.8, 4) is 0 Å². The van der Waals surface area contributed by atoms with E-state index in [2.05, 4.69) is 33.9 Å². The van der Waals surface area contributed by atoms with Crippen molar-refractivity contribution in [2.45, 2.75) is 31.8 Å². The van der Waals surface area contributed by atoms with Gasteiger partial charge in [-0.3, -0.25) is 4.90 Å². The number of sulfonamides is 1. The van der Waals surface area contributed by atoms with E-state index in [0.29, 0.717) is 6.61 Å². The smallest absolute Gasteiger partial charge is 0.209 e. The van der Waals surface area contributed by atoms with Crippen molar-refractivity contribution in [1.29, 1.82) is 0 Å². The van der Waals surface area contributed by atoms with Crippen LogP contribution < -0.4 is 4.72 Å². The fraction of sp³-hybridized carbons (Fsp3) is 0.647. The summed E-state index contributed by atoms with van der Waals surface area (Å²) in [5, 5.41) is 0. The first-order valence-electron chi connectivity index (χ1n) is 8.28. The van der Waals surface area contributed by atoms with Crippen LogP contribution in [0.15, 0.2) is 30.3 Å². The van der Waals surface area contributed by atoms with E-state index in [1.165, 1.54) is 11.8 Å². The molecule has 1 aromatic carbocycles. The van der Waals surface area contributed by atoms with Gasteiger partial charge in [0.1, 0.15) is 0 Å². The molecule has 23 heavy (non-hydrogen) atoms. The van der Waals surface area contributed by atoms with Gasteiger partial charge in [-0.05, 0) is 43.3 Å². The lowest BCUT2D eigenvalue weighted by atomic mass is 9.69. The summed E-state index contributed by atoms with van der Waals surface area (Å²) in [5.41, 5.74) is 1.38. The zero-order valence-electron chi connectivity index (χ0n) is 13.7. The Hall–Kier alpha value is -0.950. The van der Waals surface area contributed by atoms with Crippen molar-refractivity contribution in [3.05, 3.63) is 35.9 Å². The van der Waals surface area contributed by atoms with E-state index in [1.807, 2.05) is 6.07 Å². The minimum atomic E-state index is -3.20. The Morgan fingerprint density at radius 1 is 1.22 bits per heavy atom. The van der Waals surface area contributed by atoms with Crippen LogP contribution in [0.5, 0.6) is 0 Å².